The quantitative estimate of drug-likeness (QED) is 0.522. The minimum Gasteiger partial charge on any atom is -0.212 e. The first-order valence-corrected chi connectivity index (χ1v) is 5.49. The Bertz CT molecular complexity index is 211. The summed E-state index contributed by atoms with van der Waals surface area (Å²) < 4.78 is 23.9. The van der Waals surface area contributed by atoms with Gasteiger partial charge >= 0.3 is 0 Å². The van der Waals surface area contributed by atoms with Crippen molar-refractivity contribution in [2.45, 2.75) is 6.92 Å². The van der Waals surface area contributed by atoms with E-state index in [4.69, 9.17) is 11.6 Å². The Balaban J connectivity index is 3.63. The van der Waals surface area contributed by atoms with Crippen LogP contribution in [-0.2, 0) is 10.0 Å². The first kappa shape index (κ1) is 10.9. The molecule has 0 radical (unpaired) electrons. The predicted octanol–water partition coefficient (Wildman–Crippen LogP) is 0.721. The zero-order chi connectivity index (χ0) is 8.74. The second kappa shape index (κ2) is 5.57. The number of hydrogen-bond donors (Lipinski definition) is 1. The molecule has 0 aromatic carbocycles. The lowest BCUT2D eigenvalue weighted by atomic mass is 10.5. The molecule has 0 atom stereocenters. The molecule has 0 saturated carbocycles. The van der Waals surface area contributed by atoms with Crippen LogP contribution >= 0.6 is 11.6 Å². The molecule has 1 N–H and O–H groups in total. The first-order chi connectivity index (χ1) is 5.12. The Morgan fingerprint density at radius 3 is 2.55 bits per heavy atom. The van der Waals surface area contributed by atoms with Crippen LogP contribution in [0, 0.1) is 0 Å². The van der Waals surface area contributed by atoms with E-state index < -0.39 is 10.0 Å². The molecule has 0 saturated heterocycles. The van der Waals surface area contributed by atoms with Gasteiger partial charge in [0.25, 0.3) is 0 Å². The monoisotopic (exact) mass is 197 g/mol. The summed E-state index contributed by atoms with van der Waals surface area (Å²) in [4.78, 5) is 0. The summed E-state index contributed by atoms with van der Waals surface area (Å²) in [7, 11) is -3.04. The summed E-state index contributed by atoms with van der Waals surface area (Å²) in [6.07, 6.45) is 3.37. The highest BCUT2D eigenvalue weighted by molar-refractivity contribution is 7.89. The fraction of sp³-hybridized carbons (Fsp3) is 0.667. The molecule has 66 valence electrons. The summed E-state index contributed by atoms with van der Waals surface area (Å²) in [5, 5.41) is 0. The number of hydrogen-bond acceptors (Lipinski definition) is 2. The maximum atomic E-state index is 10.8. The van der Waals surface area contributed by atoms with Gasteiger partial charge in [0.1, 0.15) is 0 Å². The van der Waals surface area contributed by atoms with Crippen molar-refractivity contribution in [1.29, 1.82) is 0 Å². The van der Waals surface area contributed by atoms with E-state index >= 15 is 0 Å². The van der Waals surface area contributed by atoms with Crippen molar-refractivity contribution in [2.24, 2.45) is 0 Å². The SMILES string of the molecule is CCS(=O)(=O)NC/C=C/CCl. The van der Waals surface area contributed by atoms with E-state index in [1.807, 2.05) is 0 Å². The van der Waals surface area contributed by atoms with Crippen LogP contribution in [0.1, 0.15) is 6.92 Å². The average Bonchev–Trinajstić information content (AvgIpc) is 1.99. The van der Waals surface area contributed by atoms with E-state index in [0.717, 1.165) is 0 Å². The van der Waals surface area contributed by atoms with Crippen molar-refractivity contribution in [1.82, 2.24) is 4.72 Å². The van der Waals surface area contributed by atoms with Crippen LogP contribution in [0.25, 0.3) is 0 Å². The molecule has 0 aliphatic rings. The number of halogens is 1. The smallest absolute Gasteiger partial charge is 0.211 e. The van der Waals surface area contributed by atoms with E-state index in [9.17, 15) is 8.42 Å². The topological polar surface area (TPSA) is 46.2 Å². The molecule has 0 unspecified atom stereocenters. The molecule has 3 nitrogen and oxygen atoms in total. The lowest BCUT2D eigenvalue weighted by molar-refractivity contribution is 0.587. The lowest BCUT2D eigenvalue weighted by Crippen LogP contribution is -2.25. The highest BCUT2D eigenvalue weighted by Gasteiger charge is 2.01. The number of sulfonamides is 1. The molecule has 0 amide bonds. The molecule has 0 heterocycles. The van der Waals surface area contributed by atoms with Crippen LogP contribution in [0.4, 0.5) is 0 Å². The summed E-state index contributed by atoms with van der Waals surface area (Å²) in [6.45, 7) is 1.91. The van der Waals surface area contributed by atoms with Crippen LogP contribution in [0.2, 0.25) is 0 Å². The normalized spacial score (nSPS) is 12.5. The van der Waals surface area contributed by atoms with Crippen molar-refractivity contribution < 1.29 is 8.42 Å². The van der Waals surface area contributed by atoms with E-state index in [-0.39, 0.29) is 5.75 Å². The van der Waals surface area contributed by atoms with Gasteiger partial charge in [0.15, 0.2) is 0 Å². The molecule has 0 bridgehead atoms. The second-order valence-electron chi connectivity index (χ2n) is 1.88. The van der Waals surface area contributed by atoms with Gasteiger partial charge in [-0.1, -0.05) is 12.2 Å². The summed E-state index contributed by atoms with van der Waals surface area (Å²) in [5.41, 5.74) is 0. The van der Waals surface area contributed by atoms with Gasteiger partial charge < -0.3 is 0 Å². The molecule has 0 aliphatic heterocycles. The maximum absolute atomic E-state index is 10.8. The summed E-state index contributed by atoms with van der Waals surface area (Å²) in [5.74, 6) is 0.523. The van der Waals surface area contributed by atoms with E-state index in [2.05, 4.69) is 4.72 Å². The van der Waals surface area contributed by atoms with Crippen molar-refractivity contribution in [3.05, 3.63) is 12.2 Å². The largest absolute Gasteiger partial charge is 0.212 e. The third-order valence-electron chi connectivity index (χ3n) is 1.06. The number of rotatable bonds is 5. The van der Waals surface area contributed by atoms with Crippen LogP contribution in [-0.4, -0.2) is 26.6 Å². The molecular weight excluding hydrogens is 186 g/mol. The van der Waals surface area contributed by atoms with Crippen molar-refractivity contribution in [3.8, 4) is 0 Å². The maximum Gasteiger partial charge on any atom is 0.211 e. The minimum absolute atomic E-state index is 0.113. The highest BCUT2D eigenvalue weighted by Crippen LogP contribution is 1.82. The molecule has 0 aromatic rings. The Morgan fingerprint density at radius 1 is 1.45 bits per heavy atom. The van der Waals surface area contributed by atoms with Crippen LogP contribution in [0.5, 0.6) is 0 Å². The van der Waals surface area contributed by atoms with E-state index in [0.29, 0.717) is 12.4 Å². The van der Waals surface area contributed by atoms with Crippen molar-refractivity contribution >= 4 is 21.6 Å². The van der Waals surface area contributed by atoms with Crippen LogP contribution < -0.4 is 4.72 Å². The van der Waals surface area contributed by atoms with Gasteiger partial charge in [0, 0.05) is 12.4 Å². The number of allylic oxidation sites excluding steroid dienone is 1. The van der Waals surface area contributed by atoms with Gasteiger partial charge in [0.2, 0.25) is 10.0 Å². The van der Waals surface area contributed by atoms with Gasteiger partial charge in [-0.2, -0.15) is 0 Å². The molecule has 11 heavy (non-hydrogen) atoms. The van der Waals surface area contributed by atoms with Crippen LogP contribution in [0.3, 0.4) is 0 Å². The molecule has 0 rings (SSSR count). The summed E-state index contributed by atoms with van der Waals surface area (Å²) in [6, 6.07) is 0. The average molecular weight is 198 g/mol. The zero-order valence-corrected chi connectivity index (χ0v) is 7.95. The third-order valence-corrected chi connectivity index (χ3v) is 2.60. The molecule has 0 aromatic heterocycles. The standard InChI is InChI=1S/C6H12ClNO2S/c1-2-11(9,10)8-6-4-3-5-7/h3-4,8H,2,5-6H2,1H3/b4-3+. The molecule has 0 fully saturated rings. The van der Waals surface area contributed by atoms with E-state index in [1.165, 1.54) is 0 Å². The molecular formula is C6H12ClNO2S. The molecule has 5 heteroatoms. The molecule has 0 spiro atoms. The fourth-order valence-corrected chi connectivity index (χ4v) is 1.10. The third kappa shape index (κ3) is 6.34. The van der Waals surface area contributed by atoms with Gasteiger partial charge in [-0.15, -0.1) is 11.6 Å². The van der Waals surface area contributed by atoms with Gasteiger partial charge in [0.05, 0.1) is 5.75 Å². The Labute approximate surface area is 72.5 Å². The fourth-order valence-electron chi connectivity index (χ4n) is 0.423. The van der Waals surface area contributed by atoms with Crippen LogP contribution in [0.15, 0.2) is 12.2 Å². The van der Waals surface area contributed by atoms with Gasteiger partial charge in [-0.3, -0.25) is 0 Å². The van der Waals surface area contributed by atoms with Gasteiger partial charge in [-0.05, 0) is 6.92 Å². The predicted molar refractivity (Wildman–Crippen MR) is 47.3 cm³/mol. The second-order valence-corrected chi connectivity index (χ2v) is 4.28. The first-order valence-electron chi connectivity index (χ1n) is 3.30. The minimum atomic E-state index is -3.04. The summed E-state index contributed by atoms with van der Waals surface area (Å²) >= 11 is 5.32. The lowest BCUT2D eigenvalue weighted by Gasteiger charge is -1.98. The molecule has 0 aliphatic carbocycles. The zero-order valence-electron chi connectivity index (χ0n) is 6.38. The highest BCUT2D eigenvalue weighted by atomic mass is 35.5. The van der Waals surface area contributed by atoms with E-state index in [1.54, 1.807) is 19.1 Å². The Morgan fingerprint density at radius 2 is 2.09 bits per heavy atom. The van der Waals surface area contributed by atoms with Crippen molar-refractivity contribution in [3.63, 3.8) is 0 Å². The Hall–Kier alpha value is -0.0600. The number of alkyl halides is 1. The van der Waals surface area contributed by atoms with Gasteiger partial charge in [-0.25, -0.2) is 13.1 Å². The number of nitrogens with one attached hydrogen (secondary N) is 1. The van der Waals surface area contributed by atoms with Crippen molar-refractivity contribution in [2.75, 3.05) is 18.2 Å². The Kier molecular flexibility index (Phi) is 5.54.